The number of rotatable bonds is 6. The van der Waals surface area contributed by atoms with Crippen LogP contribution in [0.4, 0.5) is 14.5 Å². The third-order valence-electron chi connectivity index (χ3n) is 2.13. The summed E-state index contributed by atoms with van der Waals surface area (Å²) in [5, 5.41) is 2.66. The third kappa shape index (κ3) is 5.17. The van der Waals surface area contributed by atoms with Crippen molar-refractivity contribution in [1.82, 2.24) is 0 Å². The first-order chi connectivity index (χ1) is 8.13. The molecule has 0 heterocycles. The zero-order valence-electron chi connectivity index (χ0n) is 9.58. The van der Waals surface area contributed by atoms with Crippen molar-refractivity contribution in [2.45, 2.75) is 36.8 Å². The van der Waals surface area contributed by atoms with Gasteiger partial charge in [0.1, 0.15) is 0 Å². The fraction of sp³-hybridized carbons (Fsp3) is 0.417. The summed E-state index contributed by atoms with van der Waals surface area (Å²) in [6.45, 7) is 1.99. The molecule has 0 spiro atoms. The highest BCUT2D eigenvalue weighted by molar-refractivity contribution is 7.99. The van der Waals surface area contributed by atoms with Crippen molar-refractivity contribution >= 4 is 23.4 Å². The lowest BCUT2D eigenvalue weighted by molar-refractivity contribution is -0.116. The normalized spacial score (nSPS) is 10.6. The molecule has 1 amide bonds. The van der Waals surface area contributed by atoms with Crippen LogP contribution in [0.25, 0.3) is 0 Å². The molecule has 0 radical (unpaired) electrons. The van der Waals surface area contributed by atoms with Gasteiger partial charge in [-0.15, -0.1) is 0 Å². The summed E-state index contributed by atoms with van der Waals surface area (Å²) >= 11 is 0.443. The molecular formula is C12H15F2NOS. The molecule has 0 saturated carbocycles. The molecular weight excluding hydrogens is 244 g/mol. The molecule has 1 rings (SSSR count). The molecule has 5 heteroatoms. The third-order valence-corrected chi connectivity index (χ3v) is 2.92. The van der Waals surface area contributed by atoms with Crippen LogP contribution in [0.5, 0.6) is 0 Å². The van der Waals surface area contributed by atoms with Crippen molar-refractivity contribution in [3.8, 4) is 0 Å². The van der Waals surface area contributed by atoms with Gasteiger partial charge in [-0.05, 0) is 18.6 Å². The van der Waals surface area contributed by atoms with Gasteiger partial charge in [-0.1, -0.05) is 37.2 Å². The highest BCUT2D eigenvalue weighted by Gasteiger charge is 2.11. The maximum absolute atomic E-state index is 12.3. The monoisotopic (exact) mass is 259 g/mol. The number of carbonyl (C=O) groups excluding carboxylic acids is 1. The van der Waals surface area contributed by atoms with Gasteiger partial charge in [-0.3, -0.25) is 4.79 Å². The van der Waals surface area contributed by atoms with Crippen LogP contribution < -0.4 is 5.32 Å². The number of hydrogen-bond donors (Lipinski definition) is 1. The summed E-state index contributed by atoms with van der Waals surface area (Å²) in [6.07, 6.45) is 2.15. The first-order valence-corrected chi connectivity index (χ1v) is 6.35. The van der Waals surface area contributed by atoms with E-state index in [-0.39, 0.29) is 5.91 Å². The lowest BCUT2D eigenvalue weighted by Crippen LogP contribution is -2.11. The molecule has 0 bridgehead atoms. The van der Waals surface area contributed by atoms with E-state index in [2.05, 4.69) is 5.32 Å². The minimum absolute atomic E-state index is 0.130. The molecule has 0 aliphatic rings. The van der Waals surface area contributed by atoms with E-state index < -0.39 is 5.76 Å². The number of halogens is 2. The van der Waals surface area contributed by atoms with Crippen LogP contribution in [0, 0.1) is 0 Å². The Balaban J connectivity index is 2.66. The van der Waals surface area contributed by atoms with Gasteiger partial charge in [0, 0.05) is 11.3 Å². The second-order valence-corrected chi connectivity index (χ2v) is 4.56. The van der Waals surface area contributed by atoms with Gasteiger partial charge >= 0.3 is 0 Å². The number of amides is 1. The molecule has 0 aliphatic carbocycles. The van der Waals surface area contributed by atoms with Gasteiger partial charge in [-0.2, -0.15) is 8.78 Å². The fourth-order valence-corrected chi connectivity index (χ4v) is 1.91. The van der Waals surface area contributed by atoms with Gasteiger partial charge in [0.15, 0.2) is 0 Å². The van der Waals surface area contributed by atoms with E-state index in [0.717, 1.165) is 12.8 Å². The van der Waals surface area contributed by atoms with Gasteiger partial charge in [-0.25, -0.2) is 0 Å². The number of benzene rings is 1. The summed E-state index contributed by atoms with van der Waals surface area (Å²) in [4.78, 5) is 11.9. The van der Waals surface area contributed by atoms with Crippen molar-refractivity contribution in [2.24, 2.45) is 0 Å². The Bertz CT molecular complexity index is 371. The van der Waals surface area contributed by atoms with E-state index in [1.54, 1.807) is 24.3 Å². The standard InChI is InChI=1S/C12H15F2NOS/c1-2-3-8-11(16)15-9-6-4-5-7-10(9)17-12(13)14/h4-7,12H,2-3,8H2,1H3,(H,15,16). The van der Waals surface area contributed by atoms with Crippen LogP contribution in [-0.2, 0) is 4.79 Å². The Morgan fingerprint density at radius 2 is 2.12 bits per heavy atom. The maximum atomic E-state index is 12.3. The first-order valence-electron chi connectivity index (χ1n) is 5.47. The average molecular weight is 259 g/mol. The number of alkyl halides is 2. The predicted octanol–water partition coefficient (Wildman–Crippen LogP) is 4.13. The van der Waals surface area contributed by atoms with Crippen LogP contribution in [0.3, 0.4) is 0 Å². The van der Waals surface area contributed by atoms with E-state index in [4.69, 9.17) is 0 Å². The highest BCUT2D eigenvalue weighted by Crippen LogP contribution is 2.31. The summed E-state index contributed by atoms with van der Waals surface area (Å²) in [5.41, 5.74) is 0.457. The molecule has 1 N–H and O–H groups in total. The Kier molecular flexibility index (Phi) is 5.97. The number of hydrogen-bond acceptors (Lipinski definition) is 2. The maximum Gasteiger partial charge on any atom is 0.288 e. The number of para-hydroxylation sites is 1. The second-order valence-electron chi connectivity index (χ2n) is 3.53. The molecule has 17 heavy (non-hydrogen) atoms. The number of carbonyl (C=O) groups is 1. The Morgan fingerprint density at radius 1 is 1.41 bits per heavy atom. The average Bonchev–Trinajstić information content (AvgIpc) is 2.28. The van der Waals surface area contributed by atoms with Gasteiger partial charge in [0.25, 0.3) is 5.76 Å². The van der Waals surface area contributed by atoms with Crippen LogP contribution in [0.2, 0.25) is 0 Å². The zero-order valence-corrected chi connectivity index (χ0v) is 10.4. The zero-order chi connectivity index (χ0) is 12.7. The summed E-state index contributed by atoms with van der Waals surface area (Å²) in [6, 6.07) is 6.60. The van der Waals surface area contributed by atoms with E-state index in [1.807, 2.05) is 6.92 Å². The van der Waals surface area contributed by atoms with E-state index in [1.165, 1.54) is 0 Å². The molecule has 1 aromatic carbocycles. The molecule has 0 fully saturated rings. The lowest BCUT2D eigenvalue weighted by Gasteiger charge is -2.09. The van der Waals surface area contributed by atoms with E-state index >= 15 is 0 Å². The Morgan fingerprint density at radius 3 is 2.76 bits per heavy atom. The Labute approximate surface area is 104 Å². The van der Waals surface area contributed by atoms with Crippen molar-refractivity contribution < 1.29 is 13.6 Å². The first kappa shape index (κ1) is 14.0. The lowest BCUT2D eigenvalue weighted by atomic mass is 10.2. The van der Waals surface area contributed by atoms with Crippen molar-refractivity contribution in [3.63, 3.8) is 0 Å². The van der Waals surface area contributed by atoms with Crippen LogP contribution >= 0.6 is 11.8 Å². The van der Waals surface area contributed by atoms with E-state index in [9.17, 15) is 13.6 Å². The van der Waals surface area contributed by atoms with Gasteiger partial charge in [0.2, 0.25) is 5.91 Å². The molecule has 0 unspecified atom stereocenters. The molecule has 94 valence electrons. The van der Waals surface area contributed by atoms with E-state index in [0.29, 0.717) is 28.8 Å². The van der Waals surface area contributed by atoms with Crippen molar-refractivity contribution in [3.05, 3.63) is 24.3 Å². The topological polar surface area (TPSA) is 29.1 Å². The number of unbranched alkanes of at least 4 members (excludes halogenated alkanes) is 1. The Hall–Kier alpha value is -1.10. The van der Waals surface area contributed by atoms with Gasteiger partial charge < -0.3 is 5.32 Å². The predicted molar refractivity (Wildman–Crippen MR) is 66.5 cm³/mol. The summed E-state index contributed by atoms with van der Waals surface area (Å²) < 4.78 is 24.6. The van der Waals surface area contributed by atoms with Crippen LogP contribution in [-0.4, -0.2) is 11.7 Å². The molecule has 0 saturated heterocycles. The summed E-state index contributed by atoms with van der Waals surface area (Å²) in [5.74, 6) is -2.61. The number of anilines is 1. The molecule has 1 aromatic rings. The van der Waals surface area contributed by atoms with Gasteiger partial charge in [0.05, 0.1) is 5.69 Å². The SMILES string of the molecule is CCCCC(=O)Nc1ccccc1SC(F)F. The quantitative estimate of drug-likeness (QED) is 0.778. The smallest absolute Gasteiger partial charge is 0.288 e. The molecule has 0 aliphatic heterocycles. The van der Waals surface area contributed by atoms with Crippen molar-refractivity contribution in [2.75, 3.05) is 5.32 Å². The minimum atomic E-state index is -2.48. The second kappa shape index (κ2) is 7.27. The molecule has 0 aromatic heterocycles. The molecule has 2 nitrogen and oxygen atoms in total. The largest absolute Gasteiger partial charge is 0.325 e. The minimum Gasteiger partial charge on any atom is -0.325 e. The van der Waals surface area contributed by atoms with Crippen molar-refractivity contribution in [1.29, 1.82) is 0 Å². The van der Waals surface area contributed by atoms with Crippen LogP contribution in [0.15, 0.2) is 29.2 Å². The number of nitrogens with one attached hydrogen (secondary N) is 1. The highest BCUT2D eigenvalue weighted by atomic mass is 32.2. The number of thioether (sulfide) groups is 1. The van der Waals surface area contributed by atoms with Crippen LogP contribution in [0.1, 0.15) is 26.2 Å². The molecule has 0 atom stereocenters. The fourth-order valence-electron chi connectivity index (χ4n) is 1.32. The summed E-state index contributed by atoms with van der Waals surface area (Å²) in [7, 11) is 0.